The Hall–Kier alpha value is -1.62. The second kappa shape index (κ2) is 5.17. The molecule has 2 aromatic rings. The summed E-state index contributed by atoms with van der Waals surface area (Å²) in [5.74, 6) is 1.35. The highest BCUT2D eigenvalue weighted by atomic mass is 15.3. The Morgan fingerprint density at radius 1 is 1.47 bits per heavy atom. The molecule has 2 heterocycles. The topological polar surface area (TPSA) is 68.2 Å². The number of fused-ring (bicyclic) bond motifs is 1. The van der Waals surface area contributed by atoms with E-state index in [2.05, 4.69) is 22.3 Å². The number of hydrogen-bond acceptors (Lipinski definition) is 4. The summed E-state index contributed by atoms with van der Waals surface area (Å²) in [7, 11) is 0. The predicted molar refractivity (Wildman–Crippen MR) is 76.1 cm³/mol. The van der Waals surface area contributed by atoms with Crippen molar-refractivity contribution in [1.82, 2.24) is 14.6 Å². The molecule has 0 saturated heterocycles. The first kappa shape index (κ1) is 12.4. The Bertz CT molecular complexity index is 556. The molecule has 1 unspecified atom stereocenters. The fraction of sp³-hybridized carbons (Fsp3) is 0.571. The molecule has 0 spiro atoms. The first-order valence-corrected chi connectivity index (χ1v) is 7.06. The second-order valence-corrected chi connectivity index (χ2v) is 5.47. The zero-order chi connectivity index (χ0) is 13.2. The van der Waals surface area contributed by atoms with E-state index in [1.807, 2.05) is 18.3 Å². The molecule has 19 heavy (non-hydrogen) atoms. The molecule has 1 aliphatic rings. The maximum atomic E-state index is 5.89. The quantitative estimate of drug-likeness (QED) is 0.881. The van der Waals surface area contributed by atoms with Gasteiger partial charge < -0.3 is 11.1 Å². The fourth-order valence-corrected chi connectivity index (χ4v) is 2.94. The van der Waals surface area contributed by atoms with Crippen LogP contribution >= 0.6 is 0 Å². The normalized spacial score (nSPS) is 18.0. The molecule has 0 bridgehead atoms. The smallest absolute Gasteiger partial charge is 0.243 e. The van der Waals surface area contributed by atoms with Crippen LogP contribution in [0.2, 0.25) is 0 Å². The van der Waals surface area contributed by atoms with Gasteiger partial charge in [-0.1, -0.05) is 12.8 Å². The highest BCUT2D eigenvalue weighted by molar-refractivity contribution is 5.45. The SMILES string of the molecule is Cc1ccn2nc(NC(CN)C3CCCC3)nc2c1. The van der Waals surface area contributed by atoms with Crippen LogP contribution < -0.4 is 11.1 Å². The Labute approximate surface area is 113 Å². The molecule has 3 N–H and O–H groups in total. The largest absolute Gasteiger partial charge is 0.349 e. The summed E-state index contributed by atoms with van der Waals surface area (Å²) in [6.07, 6.45) is 7.11. The Morgan fingerprint density at radius 2 is 2.26 bits per heavy atom. The van der Waals surface area contributed by atoms with Gasteiger partial charge in [-0.25, -0.2) is 4.52 Å². The van der Waals surface area contributed by atoms with Crippen molar-refractivity contribution in [3.63, 3.8) is 0 Å². The van der Waals surface area contributed by atoms with Gasteiger partial charge in [-0.3, -0.25) is 0 Å². The van der Waals surface area contributed by atoms with Crippen LogP contribution in [0.1, 0.15) is 31.2 Å². The number of rotatable bonds is 4. The lowest BCUT2D eigenvalue weighted by Gasteiger charge is -2.22. The van der Waals surface area contributed by atoms with Gasteiger partial charge in [0.25, 0.3) is 0 Å². The van der Waals surface area contributed by atoms with Crippen molar-refractivity contribution >= 4 is 11.6 Å². The van der Waals surface area contributed by atoms with Crippen LogP contribution in [-0.4, -0.2) is 27.2 Å². The van der Waals surface area contributed by atoms with Gasteiger partial charge >= 0.3 is 0 Å². The molecule has 0 aromatic carbocycles. The summed E-state index contributed by atoms with van der Waals surface area (Å²) in [4.78, 5) is 4.52. The van der Waals surface area contributed by atoms with E-state index >= 15 is 0 Å². The zero-order valence-electron chi connectivity index (χ0n) is 11.3. The Morgan fingerprint density at radius 3 is 3.00 bits per heavy atom. The van der Waals surface area contributed by atoms with E-state index in [9.17, 15) is 0 Å². The Kier molecular flexibility index (Phi) is 3.38. The molecule has 0 aliphatic heterocycles. The average Bonchev–Trinajstić information content (AvgIpc) is 3.04. The highest BCUT2D eigenvalue weighted by Crippen LogP contribution is 2.28. The van der Waals surface area contributed by atoms with Gasteiger partial charge in [0, 0.05) is 18.8 Å². The Balaban J connectivity index is 1.79. The lowest BCUT2D eigenvalue weighted by Crippen LogP contribution is -2.35. The van der Waals surface area contributed by atoms with Gasteiger partial charge in [0.1, 0.15) is 0 Å². The molecule has 1 saturated carbocycles. The molecule has 0 radical (unpaired) electrons. The van der Waals surface area contributed by atoms with E-state index in [1.54, 1.807) is 4.52 Å². The summed E-state index contributed by atoms with van der Waals surface area (Å²) in [5.41, 5.74) is 7.97. The third-order valence-electron chi connectivity index (χ3n) is 4.03. The van der Waals surface area contributed by atoms with Crippen molar-refractivity contribution in [2.75, 3.05) is 11.9 Å². The zero-order valence-corrected chi connectivity index (χ0v) is 11.3. The number of nitrogens with one attached hydrogen (secondary N) is 1. The van der Waals surface area contributed by atoms with E-state index in [4.69, 9.17) is 5.73 Å². The van der Waals surface area contributed by atoms with E-state index in [-0.39, 0.29) is 0 Å². The minimum absolute atomic E-state index is 0.293. The molecule has 0 amide bonds. The van der Waals surface area contributed by atoms with Crippen LogP contribution in [0.25, 0.3) is 5.65 Å². The molecule has 3 rings (SSSR count). The van der Waals surface area contributed by atoms with Crippen molar-refractivity contribution in [3.8, 4) is 0 Å². The van der Waals surface area contributed by atoms with E-state index < -0.39 is 0 Å². The van der Waals surface area contributed by atoms with Gasteiger partial charge in [-0.2, -0.15) is 4.98 Å². The van der Waals surface area contributed by atoms with Gasteiger partial charge in [0.15, 0.2) is 5.65 Å². The minimum atomic E-state index is 0.293. The number of hydrogen-bond donors (Lipinski definition) is 2. The van der Waals surface area contributed by atoms with Crippen LogP contribution in [0.4, 0.5) is 5.95 Å². The number of pyridine rings is 1. The van der Waals surface area contributed by atoms with Crippen LogP contribution in [-0.2, 0) is 0 Å². The van der Waals surface area contributed by atoms with Gasteiger partial charge in [0.2, 0.25) is 5.95 Å². The van der Waals surface area contributed by atoms with Gasteiger partial charge in [-0.15, -0.1) is 5.10 Å². The second-order valence-electron chi connectivity index (χ2n) is 5.47. The van der Waals surface area contributed by atoms with Crippen molar-refractivity contribution < 1.29 is 0 Å². The number of aryl methyl sites for hydroxylation is 1. The van der Waals surface area contributed by atoms with Gasteiger partial charge in [0.05, 0.1) is 0 Å². The summed E-state index contributed by atoms with van der Waals surface area (Å²) in [6, 6.07) is 4.36. The molecule has 1 fully saturated rings. The number of nitrogens with two attached hydrogens (primary N) is 1. The van der Waals surface area contributed by atoms with Crippen LogP contribution in [0.15, 0.2) is 18.3 Å². The summed E-state index contributed by atoms with van der Waals surface area (Å²) in [5, 5.41) is 7.86. The van der Waals surface area contributed by atoms with Gasteiger partial charge in [-0.05, 0) is 43.4 Å². The van der Waals surface area contributed by atoms with Crippen molar-refractivity contribution in [2.45, 2.75) is 38.6 Å². The van der Waals surface area contributed by atoms with Crippen LogP contribution in [0, 0.1) is 12.8 Å². The fourth-order valence-electron chi connectivity index (χ4n) is 2.94. The van der Waals surface area contributed by atoms with Crippen molar-refractivity contribution in [3.05, 3.63) is 23.9 Å². The summed E-state index contributed by atoms with van der Waals surface area (Å²) in [6.45, 7) is 2.70. The lowest BCUT2D eigenvalue weighted by molar-refractivity contribution is 0.460. The van der Waals surface area contributed by atoms with E-state index in [0.29, 0.717) is 24.5 Å². The average molecular weight is 259 g/mol. The molecular weight excluding hydrogens is 238 g/mol. The number of nitrogens with zero attached hydrogens (tertiary/aromatic N) is 3. The third kappa shape index (κ3) is 2.56. The molecular formula is C14H21N5. The number of aromatic nitrogens is 3. The first-order chi connectivity index (χ1) is 9.26. The molecule has 102 valence electrons. The minimum Gasteiger partial charge on any atom is -0.349 e. The maximum Gasteiger partial charge on any atom is 0.243 e. The molecule has 2 aromatic heterocycles. The van der Waals surface area contributed by atoms with Crippen LogP contribution in [0.5, 0.6) is 0 Å². The van der Waals surface area contributed by atoms with E-state index in [1.165, 1.54) is 31.2 Å². The monoisotopic (exact) mass is 259 g/mol. The van der Waals surface area contributed by atoms with Crippen molar-refractivity contribution in [2.24, 2.45) is 11.7 Å². The summed E-state index contributed by atoms with van der Waals surface area (Å²) < 4.78 is 1.80. The lowest BCUT2D eigenvalue weighted by atomic mass is 9.98. The number of anilines is 1. The molecule has 5 heteroatoms. The standard InChI is InChI=1S/C14H21N5/c1-10-6-7-19-13(8-10)17-14(18-19)16-12(9-15)11-4-2-3-5-11/h6-8,11-12H,2-5,9,15H2,1H3,(H,16,18). The highest BCUT2D eigenvalue weighted by Gasteiger charge is 2.24. The maximum absolute atomic E-state index is 5.89. The van der Waals surface area contributed by atoms with Crippen LogP contribution in [0.3, 0.4) is 0 Å². The molecule has 1 atom stereocenters. The first-order valence-electron chi connectivity index (χ1n) is 7.06. The molecule has 1 aliphatic carbocycles. The predicted octanol–water partition coefficient (Wildman–Crippen LogP) is 1.97. The third-order valence-corrected chi connectivity index (χ3v) is 4.03. The van der Waals surface area contributed by atoms with E-state index in [0.717, 1.165) is 5.65 Å². The van der Waals surface area contributed by atoms with Crippen molar-refractivity contribution in [1.29, 1.82) is 0 Å². The summed E-state index contributed by atoms with van der Waals surface area (Å²) >= 11 is 0. The molecule has 5 nitrogen and oxygen atoms in total.